The maximum absolute atomic E-state index is 13.1. The van der Waals surface area contributed by atoms with Gasteiger partial charge in [0.25, 0.3) is 0 Å². The Morgan fingerprint density at radius 3 is 2.21 bits per heavy atom. The monoisotopic (exact) mass is 338 g/mol. The van der Waals surface area contributed by atoms with Crippen LogP contribution in [0.4, 0.5) is 5.69 Å². The molecule has 0 radical (unpaired) electrons. The number of aromatic nitrogens is 1. The Morgan fingerprint density at radius 2 is 1.67 bits per heavy atom. The lowest BCUT2D eigenvalue weighted by Crippen LogP contribution is -2.51. The van der Waals surface area contributed by atoms with Crippen molar-refractivity contribution in [3.63, 3.8) is 0 Å². The number of nitrogens with one attached hydrogen (secondary N) is 1. The summed E-state index contributed by atoms with van der Waals surface area (Å²) in [5.41, 5.74) is 1.94. The quantitative estimate of drug-likeness (QED) is 0.859. The fraction of sp³-hybridized carbons (Fsp3) is 0.500. The Balaban J connectivity index is 1.33. The van der Waals surface area contributed by atoms with E-state index in [1.807, 2.05) is 35.8 Å². The topological polar surface area (TPSA) is 42.0 Å². The first-order chi connectivity index (χ1) is 11.7. The second-order valence-corrected chi connectivity index (χ2v) is 8.96. The maximum atomic E-state index is 13.1. The second kappa shape index (κ2) is 5.41. The third-order valence-corrected chi connectivity index (χ3v) is 7.16. The van der Waals surface area contributed by atoms with E-state index in [0.29, 0.717) is 0 Å². The van der Waals surface area contributed by atoms with E-state index in [1.54, 1.807) is 11.3 Å². The van der Waals surface area contributed by atoms with Gasteiger partial charge in [-0.15, -0.1) is 11.3 Å². The number of nitrogens with zero attached hydrogens (tertiary/aromatic N) is 1. The van der Waals surface area contributed by atoms with Crippen LogP contribution >= 0.6 is 11.3 Å². The third-order valence-electron chi connectivity index (χ3n) is 6.34. The zero-order chi connectivity index (χ0) is 16.1. The number of rotatable bonds is 3. The molecule has 4 heteroatoms. The number of anilines is 1. The molecule has 0 aliphatic heterocycles. The summed E-state index contributed by atoms with van der Waals surface area (Å²) in [5.74, 6) is 2.67. The van der Waals surface area contributed by atoms with Gasteiger partial charge >= 0.3 is 0 Å². The van der Waals surface area contributed by atoms with Crippen molar-refractivity contribution in [2.45, 2.75) is 38.5 Å². The van der Waals surface area contributed by atoms with Crippen LogP contribution in [0.2, 0.25) is 0 Å². The lowest BCUT2D eigenvalue weighted by molar-refractivity contribution is -0.140. The van der Waals surface area contributed by atoms with Crippen LogP contribution in [0.1, 0.15) is 38.5 Å². The largest absolute Gasteiger partial charge is 0.326 e. The fourth-order valence-corrected chi connectivity index (χ4v) is 6.36. The van der Waals surface area contributed by atoms with Gasteiger partial charge in [0.05, 0.1) is 5.41 Å². The molecule has 1 aromatic carbocycles. The number of carbonyl (C=O) groups excluding carboxylic acids is 1. The molecule has 0 atom stereocenters. The van der Waals surface area contributed by atoms with E-state index in [9.17, 15) is 4.79 Å². The molecule has 4 saturated carbocycles. The summed E-state index contributed by atoms with van der Waals surface area (Å²) in [6.45, 7) is 0. The zero-order valence-electron chi connectivity index (χ0n) is 13.7. The molecular weight excluding hydrogens is 316 g/mol. The molecular formula is C20H22N2OS. The molecule has 2 aromatic rings. The number of hydrogen-bond acceptors (Lipinski definition) is 3. The summed E-state index contributed by atoms with van der Waals surface area (Å²) in [6.07, 6.45) is 9.27. The van der Waals surface area contributed by atoms with Crippen molar-refractivity contribution in [1.82, 2.24) is 4.98 Å². The summed E-state index contributed by atoms with van der Waals surface area (Å²) in [6, 6.07) is 8.12. The van der Waals surface area contributed by atoms with Crippen LogP contribution in [0.3, 0.4) is 0 Å². The van der Waals surface area contributed by atoms with Crippen LogP contribution in [0.25, 0.3) is 10.6 Å². The molecule has 3 nitrogen and oxygen atoms in total. The summed E-state index contributed by atoms with van der Waals surface area (Å²) in [7, 11) is 0. The Bertz CT molecular complexity index is 715. The van der Waals surface area contributed by atoms with E-state index in [1.165, 1.54) is 19.3 Å². The molecule has 4 bridgehead atoms. The third kappa shape index (κ3) is 2.39. The molecule has 6 rings (SSSR count). The lowest BCUT2D eigenvalue weighted by atomic mass is 9.49. The van der Waals surface area contributed by atoms with Crippen molar-refractivity contribution in [2.24, 2.45) is 23.2 Å². The van der Waals surface area contributed by atoms with Crippen molar-refractivity contribution < 1.29 is 4.79 Å². The average molecular weight is 338 g/mol. The molecule has 1 heterocycles. The highest BCUT2D eigenvalue weighted by atomic mass is 32.1. The first-order valence-electron chi connectivity index (χ1n) is 9.02. The number of thiazole rings is 1. The number of benzene rings is 1. The molecule has 24 heavy (non-hydrogen) atoms. The van der Waals surface area contributed by atoms with Crippen LogP contribution in [-0.2, 0) is 4.79 Å². The fourth-order valence-electron chi connectivity index (χ4n) is 5.71. The summed E-state index contributed by atoms with van der Waals surface area (Å²) < 4.78 is 0. The highest BCUT2D eigenvalue weighted by Crippen LogP contribution is 2.60. The van der Waals surface area contributed by atoms with Crippen molar-refractivity contribution in [2.75, 3.05) is 5.32 Å². The van der Waals surface area contributed by atoms with Gasteiger partial charge in [-0.25, -0.2) is 4.98 Å². The molecule has 0 saturated heterocycles. The standard InChI is InChI=1S/C20H22N2OS/c23-19(20-10-13-7-14(11-20)9-15(8-13)12-20)22-17-3-1-16(2-4-17)18-21-5-6-24-18/h1-6,13-15H,7-12H2,(H,22,23). The van der Waals surface area contributed by atoms with Gasteiger partial charge in [-0.05, 0) is 80.5 Å². The molecule has 4 aliphatic rings. The molecule has 1 N–H and O–H groups in total. The lowest BCUT2D eigenvalue weighted by Gasteiger charge is -2.55. The van der Waals surface area contributed by atoms with Gasteiger partial charge in [0, 0.05) is 22.8 Å². The molecule has 124 valence electrons. The van der Waals surface area contributed by atoms with Gasteiger partial charge in [0.2, 0.25) is 5.91 Å². The van der Waals surface area contributed by atoms with Gasteiger partial charge in [0.1, 0.15) is 5.01 Å². The molecule has 0 unspecified atom stereocenters. The van der Waals surface area contributed by atoms with Crippen LogP contribution < -0.4 is 5.32 Å². The van der Waals surface area contributed by atoms with Crippen LogP contribution in [0.5, 0.6) is 0 Å². The smallest absolute Gasteiger partial charge is 0.230 e. The maximum Gasteiger partial charge on any atom is 0.230 e. The van der Waals surface area contributed by atoms with Gasteiger partial charge in [-0.1, -0.05) is 0 Å². The number of amides is 1. The Labute approximate surface area is 146 Å². The minimum absolute atomic E-state index is 0.0806. The highest BCUT2D eigenvalue weighted by molar-refractivity contribution is 7.13. The van der Waals surface area contributed by atoms with Crippen LogP contribution in [0.15, 0.2) is 35.8 Å². The van der Waals surface area contributed by atoms with E-state index in [-0.39, 0.29) is 11.3 Å². The normalized spacial score (nSPS) is 33.6. The van der Waals surface area contributed by atoms with E-state index in [0.717, 1.165) is 53.3 Å². The minimum atomic E-state index is -0.0806. The van der Waals surface area contributed by atoms with E-state index in [4.69, 9.17) is 0 Å². The first kappa shape index (κ1) is 14.6. The Morgan fingerprint density at radius 1 is 1.04 bits per heavy atom. The summed E-state index contributed by atoms with van der Waals surface area (Å²) in [4.78, 5) is 17.4. The second-order valence-electron chi connectivity index (χ2n) is 8.07. The van der Waals surface area contributed by atoms with Crippen LogP contribution in [0, 0.1) is 23.2 Å². The van der Waals surface area contributed by atoms with Crippen molar-refractivity contribution in [3.8, 4) is 10.6 Å². The van der Waals surface area contributed by atoms with Crippen molar-refractivity contribution >= 4 is 22.9 Å². The predicted octanol–water partition coefficient (Wildman–Crippen LogP) is 4.97. The highest BCUT2D eigenvalue weighted by Gasteiger charge is 2.54. The molecule has 4 fully saturated rings. The molecule has 0 spiro atoms. The summed E-state index contributed by atoms with van der Waals surface area (Å²) in [5, 5.41) is 6.22. The van der Waals surface area contributed by atoms with Gasteiger partial charge in [-0.3, -0.25) is 4.79 Å². The minimum Gasteiger partial charge on any atom is -0.326 e. The number of hydrogen-bond donors (Lipinski definition) is 1. The molecule has 1 amide bonds. The van der Waals surface area contributed by atoms with Gasteiger partial charge in [0.15, 0.2) is 0 Å². The number of carbonyl (C=O) groups is 1. The van der Waals surface area contributed by atoms with Crippen LogP contribution in [-0.4, -0.2) is 10.9 Å². The average Bonchev–Trinajstić information content (AvgIpc) is 3.09. The van der Waals surface area contributed by atoms with E-state index in [2.05, 4.69) is 10.3 Å². The van der Waals surface area contributed by atoms with E-state index >= 15 is 0 Å². The summed E-state index contributed by atoms with van der Waals surface area (Å²) >= 11 is 1.64. The zero-order valence-corrected chi connectivity index (χ0v) is 14.5. The Kier molecular flexibility index (Phi) is 3.30. The molecule has 4 aliphatic carbocycles. The van der Waals surface area contributed by atoms with Gasteiger partial charge in [-0.2, -0.15) is 0 Å². The van der Waals surface area contributed by atoms with E-state index < -0.39 is 0 Å². The van der Waals surface area contributed by atoms with Crippen molar-refractivity contribution in [3.05, 3.63) is 35.8 Å². The molecule has 1 aromatic heterocycles. The Hall–Kier alpha value is -1.68. The first-order valence-corrected chi connectivity index (χ1v) is 9.90. The SMILES string of the molecule is O=C(Nc1ccc(-c2nccs2)cc1)C12CC3CC(CC(C3)C1)C2. The van der Waals surface area contributed by atoms with Crippen molar-refractivity contribution in [1.29, 1.82) is 0 Å². The van der Waals surface area contributed by atoms with Gasteiger partial charge < -0.3 is 5.32 Å². The predicted molar refractivity (Wildman–Crippen MR) is 96.8 cm³/mol.